The highest BCUT2D eigenvalue weighted by Crippen LogP contribution is 2.25. The van der Waals surface area contributed by atoms with Crippen LogP contribution in [0.3, 0.4) is 0 Å². The van der Waals surface area contributed by atoms with Crippen LogP contribution >= 0.6 is 0 Å². The molecule has 0 fully saturated rings. The molecule has 1 atom stereocenters. The Bertz CT molecular complexity index is 1170. The van der Waals surface area contributed by atoms with Gasteiger partial charge in [-0.05, 0) is 85.7 Å². The third kappa shape index (κ3) is 4.97. The molecule has 0 heterocycles. The number of hydrogen-bond acceptors (Lipinski definition) is 3. The van der Waals surface area contributed by atoms with Crippen molar-refractivity contribution in [2.75, 3.05) is 4.72 Å². The molecule has 0 saturated heterocycles. The number of aryl methyl sites for hydroxylation is 2. The molecule has 3 aromatic rings. The Hall–Kier alpha value is -3.12. The van der Waals surface area contributed by atoms with E-state index >= 15 is 0 Å². The van der Waals surface area contributed by atoms with Gasteiger partial charge in [-0.3, -0.25) is 9.52 Å². The summed E-state index contributed by atoms with van der Waals surface area (Å²) in [6.45, 7) is 1.98. The number of rotatable bonds is 6. The zero-order valence-electron chi connectivity index (χ0n) is 17.5. The average molecular weight is 435 g/mol. The van der Waals surface area contributed by atoms with E-state index < -0.39 is 10.0 Å². The molecule has 0 aliphatic heterocycles. The van der Waals surface area contributed by atoms with Crippen molar-refractivity contribution in [3.05, 3.63) is 95.1 Å². The lowest BCUT2D eigenvalue weighted by molar-refractivity contribution is 0.0940. The van der Waals surface area contributed by atoms with Crippen molar-refractivity contribution >= 4 is 21.6 Å². The van der Waals surface area contributed by atoms with Gasteiger partial charge in [0.25, 0.3) is 15.9 Å². The Labute approximate surface area is 183 Å². The molecular weight excluding hydrogens is 408 g/mol. The normalized spacial score (nSPS) is 14.4. The molecule has 0 radical (unpaired) electrons. The lowest BCUT2D eigenvalue weighted by Gasteiger charge is -2.20. The molecule has 2 N–H and O–H groups in total. The van der Waals surface area contributed by atoms with Crippen molar-refractivity contribution in [3.8, 4) is 0 Å². The first-order valence-corrected chi connectivity index (χ1v) is 12.0. The van der Waals surface area contributed by atoms with E-state index in [0.29, 0.717) is 11.3 Å². The summed E-state index contributed by atoms with van der Waals surface area (Å²) in [5.74, 6) is -0.192. The number of carbonyl (C=O) groups excluding carboxylic acids is 1. The highest BCUT2D eigenvalue weighted by molar-refractivity contribution is 7.92. The van der Waals surface area contributed by atoms with Gasteiger partial charge in [-0.1, -0.05) is 36.4 Å². The number of amides is 1. The first-order valence-electron chi connectivity index (χ1n) is 10.5. The quantitative estimate of drug-likeness (QED) is 0.582. The first-order chi connectivity index (χ1) is 14.9. The van der Waals surface area contributed by atoms with Crippen LogP contribution in [0.5, 0.6) is 0 Å². The maximum atomic E-state index is 12.7. The first kappa shape index (κ1) is 21.1. The van der Waals surface area contributed by atoms with Gasteiger partial charge in [0, 0.05) is 11.3 Å². The molecule has 1 unspecified atom stereocenters. The summed E-state index contributed by atoms with van der Waals surface area (Å²) in [6.07, 6.45) is 4.70. The Morgan fingerprint density at radius 1 is 0.871 bits per heavy atom. The molecule has 6 heteroatoms. The number of anilines is 1. The van der Waals surface area contributed by atoms with E-state index in [1.165, 1.54) is 36.1 Å². The molecule has 1 aliphatic carbocycles. The molecule has 0 spiro atoms. The number of carbonyl (C=O) groups is 1. The van der Waals surface area contributed by atoms with Crippen LogP contribution in [0, 0.1) is 0 Å². The minimum Gasteiger partial charge on any atom is -0.346 e. The van der Waals surface area contributed by atoms with Crippen LogP contribution in [-0.2, 0) is 22.9 Å². The van der Waals surface area contributed by atoms with Gasteiger partial charge < -0.3 is 5.32 Å². The number of hydrogen-bond donors (Lipinski definition) is 2. The number of fused-ring (bicyclic) bond motifs is 1. The third-order valence-corrected chi connectivity index (χ3v) is 7.07. The predicted octanol–water partition coefficient (Wildman–Crippen LogP) is 4.86. The summed E-state index contributed by atoms with van der Waals surface area (Å²) in [6, 6.07) is 21.0. The second-order valence-corrected chi connectivity index (χ2v) is 9.61. The average Bonchev–Trinajstić information content (AvgIpc) is 2.79. The maximum Gasteiger partial charge on any atom is 0.261 e. The Kier molecular flexibility index (Phi) is 6.09. The van der Waals surface area contributed by atoms with E-state index in [9.17, 15) is 13.2 Å². The second-order valence-electron chi connectivity index (χ2n) is 7.93. The highest BCUT2D eigenvalue weighted by atomic mass is 32.2. The van der Waals surface area contributed by atoms with Gasteiger partial charge in [0.2, 0.25) is 0 Å². The predicted molar refractivity (Wildman–Crippen MR) is 123 cm³/mol. The van der Waals surface area contributed by atoms with Gasteiger partial charge in [0.15, 0.2) is 0 Å². The van der Waals surface area contributed by atoms with Gasteiger partial charge in [0.05, 0.1) is 10.9 Å². The minimum absolute atomic E-state index is 0.115. The van der Waals surface area contributed by atoms with E-state index in [2.05, 4.69) is 28.2 Å². The molecule has 4 rings (SSSR count). The summed E-state index contributed by atoms with van der Waals surface area (Å²) in [4.78, 5) is 12.9. The zero-order valence-corrected chi connectivity index (χ0v) is 18.3. The molecular formula is C25H26N2O3S. The topological polar surface area (TPSA) is 75.3 Å². The largest absolute Gasteiger partial charge is 0.346 e. The maximum absolute atomic E-state index is 12.7. The highest BCUT2D eigenvalue weighted by Gasteiger charge is 2.16. The summed E-state index contributed by atoms with van der Waals surface area (Å²) in [5, 5.41) is 3.04. The van der Waals surface area contributed by atoms with Gasteiger partial charge in [-0.15, -0.1) is 0 Å². The summed E-state index contributed by atoms with van der Waals surface area (Å²) < 4.78 is 27.4. The van der Waals surface area contributed by atoms with E-state index in [0.717, 1.165) is 18.4 Å². The molecule has 31 heavy (non-hydrogen) atoms. The SMILES string of the molecule is CC(NC(=O)c1ccc(NS(=O)(=O)c2ccccc2)cc1)c1ccc2c(c1)CCCC2. The van der Waals surface area contributed by atoms with Crippen LogP contribution in [0.2, 0.25) is 0 Å². The van der Waals surface area contributed by atoms with Crippen LogP contribution in [-0.4, -0.2) is 14.3 Å². The fraction of sp³-hybridized carbons (Fsp3) is 0.240. The van der Waals surface area contributed by atoms with Gasteiger partial charge in [-0.2, -0.15) is 0 Å². The van der Waals surface area contributed by atoms with Crippen LogP contribution in [0.15, 0.2) is 77.7 Å². The Morgan fingerprint density at radius 2 is 1.55 bits per heavy atom. The van der Waals surface area contributed by atoms with Crippen molar-refractivity contribution in [2.24, 2.45) is 0 Å². The molecule has 0 aromatic heterocycles. The van der Waals surface area contributed by atoms with Crippen molar-refractivity contribution in [3.63, 3.8) is 0 Å². The molecule has 160 valence electrons. The fourth-order valence-electron chi connectivity index (χ4n) is 3.89. The summed E-state index contributed by atoms with van der Waals surface area (Å²) in [7, 11) is -3.66. The van der Waals surface area contributed by atoms with Gasteiger partial charge in [-0.25, -0.2) is 8.42 Å². The van der Waals surface area contributed by atoms with Crippen molar-refractivity contribution in [2.45, 2.75) is 43.5 Å². The number of sulfonamides is 1. The Morgan fingerprint density at radius 3 is 2.26 bits per heavy atom. The standard InChI is InChI=1S/C25H26N2O3S/c1-18(21-12-11-19-7-5-6-8-22(19)17-21)26-25(28)20-13-15-23(16-14-20)27-31(29,30)24-9-3-2-4-10-24/h2-4,9-18,27H,5-8H2,1H3,(H,26,28). The second kappa shape index (κ2) is 8.94. The zero-order chi connectivity index (χ0) is 21.8. The van der Waals surface area contributed by atoms with E-state index in [1.807, 2.05) is 6.92 Å². The smallest absolute Gasteiger partial charge is 0.261 e. The third-order valence-electron chi connectivity index (χ3n) is 5.67. The lowest BCUT2D eigenvalue weighted by Crippen LogP contribution is -2.26. The monoisotopic (exact) mass is 434 g/mol. The number of nitrogens with one attached hydrogen (secondary N) is 2. The molecule has 1 amide bonds. The summed E-state index contributed by atoms with van der Waals surface area (Å²) >= 11 is 0. The van der Waals surface area contributed by atoms with Crippen molar-refractivity contribution in [1.29, 1.82) is 0 Å². The van der Waals surface area contributed by atoms with Crippen molar-refractivity contribution < 1.29 is 13.2 Å². The van der Waals surface area contributed by atoms with E-state index in [-0.39, 0.29) is 16.8 Å². The van der Waals surface area contributed by atoms with Crippen LogP contribution in [0.1, 0.15) is 52.9 Å². The van der Waals surface area contributed by atoms with Crippen molar-refractivity contribution in [1.82, 2.24) is 5.32 Å². The lowest BCUT2D eigenvalue weighted by atomic mass is 9.89. The van der Waals surface area contributed by atoms with E-state index in [1.54, 1.807) is 42.5 Å². The van der Waals surface area contributed by atoms with Gasteiger partial charge >= 0.3 is 0 Å². The number of benzene rings is 3. The molecule has 3 aromatic carbocycles. The molecule has 0 bridgehead atoms. The molecule has 5 nitrogen and oxygen atoms in total. The minimum atomic E-state index is -3.66. The fourth-order valence-corrected chi connectivity index (χ4v) is 4.97. The van der Waals surface area contributed by atoms with Crippen LogP contribution in [0.25, 0.3) is 0 Å². The molecule has 1 aliphatic rings. The van der Waals surface area contributed by atoms with Crippen LogP contribution < -0.4 is 10.0 Å². The van der Waals surface area contributed by atoms with Gasteiger partial charge in [0.1, 0.15) is 0 Å². The molecule has 0 saturated carbocycles. The van der Waals surface area contributed by atoms with E-state index in [4.69, 9.17) is 0 Å². The summed E-state index contributed by atoms with van der Waals surface area (Å²) in [5.41, 5.74) is 4.79. The Balaban J connectivity index is 1.41. The van der Waals surface area contributed by atoms with Crippen LogP contribution in [0.4, 0.5) is 5.69 Å².